The first-order chi connectivity index (χ1) is 8.15. The van der Waals surface area contributed by atoms with Gasteiger partial charge in [0.1, 0.15) is 0 Å². The summed E-state index contributed by atoms with van der Waals surface area (Å²) in [5.41, 5.74) is 7.34. The van der Waals surface area contributed by atoms with Crippen molar-refractivity contribution in [1.82, 2.24) is 0 Å². The number of halogens is 1. The molecule has 0 aliphatic heterocycles. The van der Waals surface area contributed by atoms with Crippen LogP contribution in [0.15, 0.2) is 57.9 Å². The Balaban J connectivity index is 2.11. The van der Waals surface area contributed by atoms with E-state index in [1.807, 2.05) is 36.4 Å². The summed E-state index contributed by atoms with van der Waals surface area (Å²) in [6.07, 6.45) is 0. The standard InChI is InChI=1S/C13H12BrNOS/c14-11-3-1-10(2-4-11)9-17(16)13-7-5-12(15)6-8-13/h1-8H,9,15H2. The van der Waals surface area contributed by atoms with Gasteiger partial charge in [-0.25, -0.2) is 0 Å². The van der Waals surface area contributed by atoms with Crippen LogP contribution in [0.4, 0.5) is 5.69 Å². The number of nitrogens with two attached hydrogens (primary N) is 1. The van der Waals surface area contributed by atoms with Gasteiger partial charge in [-0.2, -0.15) is 0 Å². The van der Waals surface area contributed by atoms with Crippen molar-refractivity contribution in [3.05, 3.63) is 58.6 Å². The Morgan fingerprint density at radius 3 is 2.18 bits per heavy atom. The summed E-state index contributed by atoms with van der Waals surface area (Å²) in [5, 5.41) is 0. The Morgan fingerprint density at radius 2 is 1.59 bits per heavy atom. The second-order valence-electron chi connectivity index (χ2n) is 3.69. The molecule has 4 heteroatoms. The van der Waals surface area contributed by atoms with Crippen molar-refractivity contribution in [2.24, 2.45) is 0 Å². The molecular weight excluding hydrogens is 298 g/mol. The first-order valence-corrected chi connectivity index (χ1v) is 7.25. The van der Waals surface area contributed by atoms with E-state index in [4.69, 9.17) is 5.73 Å². The molecule has 0 aromatic heterocycles. The summed E-state index contributed by atoms with van der Waals surface area (Å²) in [4.78, 5) is 0.808. The lowest BCUT2D eigenvalue weighted by molar-refractivity contribution is 0.682. The van der Waals surface area contributed by atoms with Crippen LogP contribution in [0.1, 0.15) is 5.56 Å². The molecule has 0 bridgehead atoms. The molecular formula is C13H12BrNOS. The van der Waals surface area contributed by atoms with E-state index >= 15 is 0 Å². The molecule has 2 aromatic rings. The molecule has 1 unspecified atom stereocenters. The number of rotatable bonds is 3. The van der Waals surface area contributed by atoms with Crippen molar-refractivity contribution in [2.45, 2.75) is 10.6 Å². The molecule has 2 nitrogen and oxygen atoms in total. The minimum atomic E-state index is -1.02. The third-order valence-electron chi connectivity index (χ3n) is 2.35. The molecule has 0 saturated heterocycles. The maximum Gasteiger partial charge on any atom is 0.0574 e. The van der Waals surface area contributed by atoms with Crippen LogP contribution >= 0.6 is 15.9 Å². The van der Waals surface area contributed by atoms with E-state index in [1.165, 1.54) is 0 Å². The number of hydrogen-bond acceptors (Lipinski definition) is 2. The van der Waals surface area contributed by atoms with Crippen molar-refractivity contribution in [2.75, 3.05) is 5.73 Å². The quantitative estimate of drug-likeness (QED) is 0.884. The third kappa shape index (κ3) is 3.41. The molecule has 0 fully saturated rings. The van der Waals surface area contributed by atoms with Gasteiger partial charge in [0.25, 0.3) is 0 Å². The van der Waals surface area contributed by atoms with Crippen molar-refractivity contribution in [1.29, 1.82) is 0 Å². The minimum absolute atomic E-state index is 0.525. The Bertz CT molecular complexity index is 522. The lowest BCUT2D eigenvalue weighted by atomic mass is 10.2. The van der Waals surface area contributed by atoms with Crippen LogP contribution in [0, 0.1) is 0 Å². The molecule has 1 atom stereocenters. The van der Waals surface area contributed by atoms with E-state index < -0.39 is 10.8 Å². The smallest absolute Gasteiger partial charge is 0.0574 e. The summed E-state index contributed by atoms with van der Waals surface area (Å²) in [6.45, 7) is 0. The summed E-state index contributed by atoms with van der Waals surface area (Å²) >= 11 is 3.37. The Morgan fingerprint density at radius 1 is 1.00 bits per heavy atom. The minimum Gasteiger partial charge on any atom is -0.399 e. The summed E-state index contributed by atoms with van der Waals surface area (Å²) in [6, 6.07) is 15.0. The van der Waals surface area contributed by atoms with Crippen LogP contribution in [0.2, 0.25) is 0 Å². The summed E-state index contributed by atoms with van der Waals surface area (Å²) in [5.74, 6) is 0.525. The molecule has 0 aliphatic rings. The largest absolute Gasteiger partial charge is 0.399 e. The van der Waals surface area contributed by atoms with Gasteiger partial charge in [0.2, 0.25) is 0 Å². The van der Waals surface area contributed by atoms with E-state index in [-0.39, 0.29) is 0 Å². The van der Waals surface area contributed by atoms with Gasteiger partial charge in [-0.1, -0.05) is 28.1 Å². The van der Waals surface area contributed by atoms with Gasteiger partial charge >= 0.3 is 0 Å². The van der Waals surface area contributed by atoms with Crippen molar-refractivity contribution < 1.29 is 4.21 Å². The molecule has 0 aliphatic carbocycles. The fraction of sp³-hybridized carbons (Fsp3) is 0.0769. The number of benzene rings is 2. The van der Waals surface area contributed by atoms with Crippen LogP contribution in [-0.2, 0) is 16.6 Å². The van der Waals surface area contributed by atoms with Gasteiger partial charge in [-0.15, -0.1) is 0 Å². The van der Waals surface area contributed by atoms with Gasteiger partial charge in [-0.05, 0) is 42.0 Å². The summed E-state index contributed by atoms with van der Waals surface area (Å²) in [7, 11) is -1.02. The highest BCUT2D eigenvalue weighted by atomic mass is 79.9. The highest BCUT2D eigenvalue weighted by Gasteiger charge is 2.04. The molecule has 0 saturated carbocycles. The van der Waals surface area contributed by atoms with Gasteiger partial charge in [0.05, 0.1) is 16.6 Å². The highest BCUT2D eigenvalue weighted by molar-refractivity contribution is 9.10. The van der Waals surface area contributed by atoms with Crippen LogP contribution in [0.25, 0.3) is 0 Å². The Kier molecular flexibility index (Phi) is 3.97. The highest BCUT2D eigenvalue weighted by Crippen LogP contribution is 2.16. The topological polar surface area (TPSA) is 43.1 Å². The molecule has 17 heavy (non-hydrogen) atoms. The maximum atomic E-state index is 12.1. The van der Waals surface area contributed by atoms with Crippen molar-refractivity contribution >= 4 is 32.4 Å². The molecule has 0 radical (unpaired) electrons. The predicted octanol–water partition coefficient (Wildman–Crippen LogP) is 3.34. The third-order valence-corrected chi connectivity index (χ3v) is 4.28. The average molecular weight is 310 g/mol. The fourth-order valence-corrected chi connectivity index (χ4v) is 2.80. The van der Waals surface area contributed by atoms with Gasteiger partial charge in [-0.3, -0.25) is 4.21 Å². The van der Waals surface area contributed by atoms with Crippen LogP contribution in [-0.4, -0.2) is 4.21 Å². The zero-order valence-corrected chi connectivity index (χ0v) is 11.5. The maximum absolute atomic E-state index is 12.1. The summed E-state index contributed by atoms with van der Waals surface area (Å²) < 4.78 is 13.1. The van der Waals surface area contributed by atoms with Crippen LogP contribution in [0.5, 0.6) is 0 Å². The molecule has 2 N–H and O–H groups in total. The lowest BCUT2D eigenvalue weighted by Gasteiger charge is -2.03. The van der Waals surface area contributed by atoms with E-state index in [0.717, 1.165) is 14.9 Å². The zero-order chi connectivity index (χ0) is 12.3. The number of hydrogen-bond donors (Lipinski definition) is 1. The molecule has 0 amide bonds. The normalized spacial score (nSPS) is 12.3. The van der Waals surface area contributed by atoms with E-state index in [0.29, 0.717) is 11.4 Å². The number of anilines is 1. The predicted molar refractivity (Wildman–Crippen MR) is 75.1 cm³/mol. The lowest BCUT2D eigenvalue weighted by Crippen LogP contribution is -1.96. The molecule has 88 valence electrons. The van der Waals surface area contributed by atoms with Crippen LogP contribution in [0.3, 0.4) is 0 Å². The van der Waals surface area contributed by atoms with E-state index in [9.17, 15) is 4.21 Å². The second kappa shape index (κ2) is 5.47. The monoisotopic (exact) mass is 309 g/mol. The van der Waals surface area contributed by atoms with Crippen molar-refractivity contribution in [3.8, 4) is 0 Å². The van der Waals surface area contributed by atoms with Gasteiger partial charge in [0, 0.05) is 15.1 Å². The fourth-order valence-electron chi connectivity index (χ4n) is 1.43. The first-order valence-electron chi connectivity index (χ1n) is 5.13. The average Bonchev–Trinajstić information content (AvgIpc) is 2.33. The first kappa shape index (κ1) is 12.3. The second-order valence-corrected chi connectivity index (χ2v) is 6.05. The SMILES string of the molecule is Nc1ccc(S(=O)Cc2ccc(Br)cc2)cc1. The number of nitrogen functional groups attached to an aromatic ring is 1. The van der Waals surface area contributed by atoms with Crippen LogP contribution < -0.4 is 5.73 Å². The van der Waals surface area contributed by atoms with Crippen molar-refractivity contribution in [3.63, 3.8) is 0 Å². The zero-order valence-electron chi connectivity index (χ0n) is 9.10. The van der Waals surface area contributed by atoms with E-state index in [1.54, 1.807) is 12.1 Å². The molecule has 0 heterocycles. The van der Waals surface area contributed by atoms with E-state index in [2.05, 4.69) is 15.9 Å². The molecule has 2 rings (SSSR count). The van der Waals surface area contributed by atoms with Gasteiger partial charge < -0.3 is 5.73 Å². The molecule has 0 spiro atoms. The Labute approximate surface area is 111 Å². The molecule has 2 aromatic carbocycles. The Hall–Kier alpha value is -1.13. The van der Waals surface area contributed by atoms with Gasteiger partial charge in [0.15, 0.2) is 0 Å².